The van der Waals surface area contributed by atoms with Crippen LogP contribution in [-0.4, -0.2) is 24.8 Å². The number of amides is 1. The summed E-state index contributed by atoms with van der Waals surface area (Å²) >= 11 is 12.0. The fraction of sp³-hybridized carbons (Fsp3) is 0.176. The van der Waals surface area contributed by atoms with E-state index in [1.807, 2.05) is 0 Å². The van der Waals surface area contributed by atoms with Crippen molar-refractivity contribution in [3.63, 3.8) is 0 Å². The maximum atomic E-state index is 12.2. The third-order valence-electron chi connectivity index (χ3n) is 3.45. The summed E-state index contributed by atoms with van der Waals surface area (Å²) in [7, 11) is 0. The van der Waals surface area contributed by atoms with E-state index in [1.54, 1.807) is 24.3 Å². The van der Waals surface area contributed by atoms with Crippen LogP contribution in [0.4, 0.5) is 5.69 Å². The van der Waals surface area contributed by atoms with Gasteiger partial charge in [-0.15, -0.1) is 0 Å². The Morgan fingerprint density at radius 1 is 1.16 bits per heavy atom. The van der Waals surface area contributed by atoms with Gasteiger partial charge in [-0.3, -0.25) is 4.79 Å². The smallest absolute Gasteiger partial charge is 0.339 e. The van der Waals surface area contributed by atoms with Crippen LogP contribution < -0.4 is 14.8 Å². The summed E-state index contributed by atoms with van der Waals surface area (Å²) in [6, 6.07) is 9.61. The van der Waals surface area contributed by atoms with Gasteiger partial charge in [0.1, 0.15) is 0 Å². The molecule has 0 unspecified atom stereocenters. The number of halogens is 2. The van der Waals surface area contributed by atoms with Crippen molar-refractivity contribution in [2.24, 2.45) is 0 Å². The van der Waals surface area contributed by atoms with Crippen molar-refractivity contribution >= 4 is 40.8 Å². The average molecular weight is 382 g/mol. The first-order chi connectivity index (χ1) is 12.0. The van der Waals surface area contributed by atoms with Gasteiger partial charge in [0.05, 0.1) is 21.3 Å². The Balaban J connectivity index is 1.67. The number of fused-ring (bicyclic) bond motifs is 1. The fourth-order valence-electron chi connectivity index (χ4n) is 2.16. The predicted molar refractivity (Wildman–Crippen MR) is 92.5 cm³/mol. The minimum atomic E-state index is -1.03. The number of anilines is 1. The Morgan fingerprint density at radius 3 is 2.68 bits per heavy atom. The third-order valence-corrected chi connectivity index (χ3v) is 4.06. The van der Waals surface area contributed by atoms with Crippen LogP contribution in [0.25, 0.3) is 0 Å². The summed E-state index contributed by atoms with van der Waals surface area (Å²) in [5.41, 5.74) is 0.592. The Kier molecular flexibility index (Phi) is 5.01. The molecule has 1 amide bonds. The molecule has 2 aromatic carbocycles. The molecule has 0 fully saturated rings. The third kappa shape index (κ3) is 3.81. The molecule has 0 aliphatic carbocycles. The number of hydrogen-bond donors (Lipinski definition) is 1. The lowest BCUT2D eigenvalue weighted by molar-refractivity contribution is -0.123. The van der Waals surface area contributed by atoms with Gasteiger partial charge < -0.3 is 19.5 Å². The number of ether oxygens (including phenoxy) is 3. The molecular weight excluding hydrogens is 369 g/mol. The predicted octanol–water partition coefficient (Wildman–Crippen LogP) is 3.91. The number of hydrogen-bond acceptors (Lipinski definition) is 5. The first-order valence-corrected chi connectivity index (χ1v) is 8.07. The maximum absolute atomic E-state index is 12.2. The lowest BCUT2D eigenvalue weighted by Crippen LogP contribution is -2.30. The molecule has 0 bridgehead atoms. The molecule has 0 spiro atoms. The number of rotatable bonds is 4. The van der Waals surface area contributed by atoms with Crippen molar-refractivity contribution in [1.82, 2.24) is 0 Å². The molecular formula is C17H13Cl2NO5. The lowest BCUT2D eigenvalue weighted by Gasteiger charge is -2.14. The SMILES string of the molecule is C[C@H](OC(=O)c1cc(Cl)c2c(c1)OCO2)C(=O)Nc1ccccc1Cl. The van der Waals surface area contributed by atoms with Crippen molar-refractivity contribution in [3.8, 4) is 11.5 Å². The highest BCUT2D eigenvalue weighted by atomic mass is 35.5. The lowest BCUT2D eigenvalue weighted by atomic mass is 10.2. The Morgan fingerprint density at radius 2 is 1.92 bits per heavy atom. The molecule has 0 radical (unpaired) electrons. The highest BCUT2D eigenvalue weighted by molar-refractivity contribution is 6.33. The minimum Gasteiger partial charge on any atom is -0.454 e. The molecule has 1 atom stereocenters. The number of nitrogens with one attached hydrogen (secondary N) is 1. The Labute approximate surface area is 153 Å². The fourth-order valence-corrected chi connectivity index (χ4v) is 2.61. The van der Waals surface area contributed by atoms with Crippen molar-refractivity contribution in [2.75, 3.05) is 12.1 Å². The van der Waals surface area contributed by atoms with E-state index in [9.17, 15) is 9.59 Å². The number of benzene rings is 2. The molecule has 0 saturated heterocycles. The topological polar surface area (TPSA) is 73.9 Å². The minimum absolute atomic E-state index is 0.0319. The van der Waals surface area contributed by atoms with E-state index < -0.39 is 18.0 Å². The van der Waals surface area contributed by atoms with Crippen LogP contribution >= 0.6 is 23.2 Å². The second kappa shape index (κ2) is 7.21. The molecule has 1 aliphatic heterocycles. The van der Waals surface area contributed by atoms with Crippen LogP contribution in [0.15, 0.2) is 36.4 Å². The summed E-state index contributed by atoms with van der Waals surface area (Å²) in [5, 5.41) is 3.22. The van der Waals surface area contributed by atoms with Crippen LogP contribution in [0, 0.1) is 0 Å². The van der Waals surface area contributed by atoms with Crippen molar-refractivity contribution in [3.05, 3.63) is 52.0 Å². The van der Waals surface area contributed by atoms with Crippen LogP contribution in [0.3, 0.4) is 0 Å². The molecule has 2 aromatic rings. The van der Waals surface area contributed by atoms with E-state index in [4.69, 9.17) is 37.4 Å². The standard InChI is InChI=1S/C17H13Cl2NO5/c1-9(16(21)20-13-5-3-2-4-11(13)18)25-17(22)10-6-12(19)15-14(7-10)23-8-24-15/h2-7,9H,8H2,1H3,(H,20,21)/t9-/m0/s1. The van der Waals surface area contributed by atoms with Crippen molar-refractivity contribution < 1.29 is 23.8 Å². The van der Waals surface area contributed by atoms with Gasteiger partial charge in [0, 0.05) is 0 Å². The normalized spacial score (nSPS) is 13.2. The maximum Gasteiger partial charge on any atom is 0.339 e. The molecule has 8 heteroatoms. The zero-order valence-corrected chi connectivity index (χ0v) is 14.6. The summed E-state index contributed by atoms with van der Waals surface area (Å²) in [4.78, 5) is 24.4. The van der Waals surface area contributed by atoms with Gasteiger partial charge in [0.2, 0.25) is 6.79 Å². The van der Waals surface area contributed by atoms with Crippen LogP contribution in [-0.2, 0) is 9.53 Å². The van der Waals surface area contributed by atoms with Crippen molar-refractivity contribution in [1.29, 1.82) is 0 Å². The zero-order valence-electron chi connectivity index (χ0n) is 13.0. The molecule has 1 N–H and O–H groups in total. The molecule has 6 nitrogen and oxygen atoms in total. The van der Waals surface area contributed by atoms with Gasteiger partial charge in [0.15, 0.2) is 17.6 Å². The van der Waals surface area contributed by atoms with Crippen LogP contribution in [0.2, 0.25) is 10.0 Å². The number of esters is 1. The number of carbonyl (C=O) groups excluding carboxylic acids is 2. The van der Waals surface area contributed by atoms with Gasteiger partial charge in [0.25, 0.3) is 5.91 Å². The molecule has 25 heavy (non-hydrogen) atoms. The number of carbonyl (C=O) groups is 2. The quantitative estimate of drug-likeness (QED) is 0.812. The molecule has 1 heterocycles. The number of para-hydroxylation sites is 1. The van der Waals surface area contributed by atoms with E-state index in [0.717, 1.165) is 0 Å². The molecule has 3 rings (SSSR count). The average Bonchev–Trinajstić information content (AvgIpc) is 3.06. The highest BCUT2D eigenvalue weighted by Gasteiger charge is 2.24. The first kappa shape index (κ1) is 17.4. The summed E-state index contributed by atoms with van der Waals surface area (Å²) in [6.07, 6.45) is -1.03. The van der Waals surface area contributed by atoms with E-state index in [0.29, 0.717) is 22.2 Å². The first-order valence-electron chi connectivity index (χ1n) is 7.31. The van der Waals surface area contributed by atoms with E-state index in [-0.39, 0.29) is 17.4 Å². The summed E-state index contributed by atoms with van der Waals surface area (Å²) in [5.74, 6) is -0.481. The molecule has 0 saturated carbocycles. The van der Waals surface area contributed by atoms with E-state index in [2.05, 4.69) is 5.32 Å². The summed E-state index contributed by atoms with van der Waals surface area (Å²) < 4.78 is 15.6. The van der Waals surface area contributed by atoms with Crippen LogP contribution in [0.5, 0.6) is 11.5 Å². The Bertz CT molecular complexity index is 840. The summed E-state index contributed by atoms with van der Waals surface area (Å²) in [6.45, 7) is 1.49. The zero-order chi connectivity index (χ0) is 18.0. The largest absolute Gasteiger partial charge is 0.454 e. The van der Waals surface area contributed by atoms with Gasteiger partial charge in [-0.2, -0.15) is 0 Å². The van der Waals surface area contributed by atoms with Gasteiger partial charge in [-0.1, -0.05) is 35.3 Å². The molecule has 1 aliphatic rings. The molecule has 0 aromatic heterocycles. The Hall–Kier alpha value is -2.44. The second-order valence-electron chi connectivity index (χ2n) is 5.21. The van der Waals surface area contributed by atoms with E-state index >= 15 is 0 Å². The monoisotopic (exact) mass is 381 g/mol. The van der Waals surface area contributed by atoms with Gasteiger partial charge in [-0.25, -0.2) is 4.79 Å². The highest BCUT2D eigenvalue weighted by Crippen LogP contribution is 2.40. The van der Waals surface area contributed by atoms with Gasteiger partial charge >= 0.3 is 5.97 Å². The van der Waals surface area contributed by atoms with Crippen molar-refractivity contribution in [2.45, 2.75) is 13.0 Å². The molecule has 130 valence electrons. The van der Waals surface area contributed by atoms with E-state index in [1.165, 1.54) is 19.1 Å². The second-order valence-corrected chi connectivity index (χ2v) is 6.02. The van der Waals surface area contributed by atoms with Crippen LogP contribution in [0.1, 0.15) is 17.3 Å². The van der Waals surface area contributed by atoms with Gasteiger partial charge in [-0.05, 0) is 31.2 Å².